The third-order valence-corrected chi connectivity index (χ3v) is 6.06. The maximum Gasteiger partial charge on any atom is 0.341 e. The van der Waals surface area contributed by atoms with Crippen molar-refractivity contribution in [3.8, 4) is 0 Å². The first-order valence-electron chi connectivity index (χ1n) is 10.1. The molecule has 1 atom stereocenters. The van der Waals surface area contributed by atoms with Gasteiger partial charge in [0.2, 0.25) is 11.8 Å². The standard InChI is InChI=1S/C24H22N2O4/c25-21-20(22(27)29-14-15-8-2-1-3-9-15)24(17-11-5-7-13-19(17)30-21)16-10-4-6-12-18(16)26-23(24)28/h1-4,6,8-10,12H,5,7,11,13-14,25H2,(H,26,28). The summed E-state index contributed by atoms with van der Waals surface area (Å²) >= 11 is 0. The molecule has 0 saturated heterocycles. The summed E-state index contributed by atoms with van der Waals surface area (Å²) in [7, 11) is 0. The van der Waals surface area contributed by atoms with Crippen LogP contribution in [0.4, 0.5) is 5.69 Å². The maximum atomic E-state index is 13.5. The number of allylic oxidation sites excluding steroid dienone is 1. The minimum absolute atomic E-state index is 0.0550. The summed E-state index contributed by atoms with van der Waals surface area (Å²) in [5, 5.41) is 2.94. The molecule has 1 amide bonds. The number of rotatable bonds is 3. The van der Waals surface area contributed by atoms with Gasteiger partial charge in [-0.2, -0.15) is 0 Å². The van der Waals surface area contributed by atoms with Crippen molar-refractivity contribution in [1.82, 2.24) is 0 Å². The molecule has 1 aliphatic carbocycles. The van der Waals surface area contributed by atoms with E-state index in [0.717, 1.165) is 29.5 Å². The van der Waals surface area contributed by atoms with Crippen LogP contribution in [0.15, 0.2) is 77.4 Å². The van der Waals surface area contributed by atoms with Gasteiger partial charge in [-0.1, -0.05) is 48.5 Å². The van der Waals surface area contributed by atoms with Crippen molar-refractivity contribution in [3.63, 3.8) is 0 Å². The third kappa shape index (κ3) is 2.64. The lowest BCUT2D eigenvalue weighted by Crippen LogP contribution is -2.46. The van der Waals surface area contributed by atoms with E-state index in [1.54, 1.807) is 0 Å². The molecule has 6 nitrogen and oxygen atoms in total. The van der Waals surface area contributed by atoms with Gasteiger partial charge < -0.3 is 20.5 Å². The monoisotopic (exact) mass is 402 g/mol. The van der Waals surface area contributed by atoms with Crippen LogP contribution >= 0.6 is 0 Å². The van der Waals surface area contributed by atoms with Gasteiger partial charge in [0.25, 0.3) is 0 Å². The lowest BCUT2D eigenvalue weighted by atomic mass is 9.65. The molecule has 30 heavy (non-hydrogen) atoms. The van der Waals surface area contributed by atoms with Crippen molar-refractivity contribution in [1.29, 1.82) is 0 Å². The Morgan fingerprint density at radius 1 is 1.07 bits per heavy atom. The highest BCUT2D eigenvalue weighted by atomic mass is 16.5. The van der Waals surface area contributed by atoms with E-state index >= 15 is 0 Å². The molecular weight excluding hydrogens is 380 g/mol. The van der Waals surface area contributed by atoms with E-state index in [1.165, 1.54) is 0 Å². The molecular formula is C24H22N2O4. The van der Waals surface area contributed by atoms with Gasteiger partial charge in [0.1, 0.15) is 23.4 Å². The van der Waals surface area contributed by atoms with Gasteiger partial charge in [0.05, 0.1) is 0 Å². The van der Waals surface area contributed by atoms with Crippen LogP contribution in [-0.4, -0.2) is 11.9 Å². The number of anilines is 1. The average Bonchev–Trinajstić information content (AvgIpc) is 3.05. The van der Waals surface area contributed by atoms with Crippen LogP contribution in [0.2, 0.25) is 0 Å². The number of nitrogens with two attached hydrogens (primary N) is 1. The van der Waals surface area contributed by atoms with Gasteiger partial charge in [-0.3, -0.25) is 4.79 Å². The van der Waals surface area contributed by atoms with Crippen LogP contribution in [-0.2, 0) is 31.1 Å². The van der Waals surface area contributed by atoms with Crippen molar-refractivity contribution in [2.45, 2.75) is 37.7 Å². The zero-order valence-electron chi connectivity index (χ0n) is 16.4. The minimum atomic E-state index is -1.30. The summed E-state index contributed by atoms with van der Waals surface area (Å²) in [5.74, 6) is -0.276. The molecule has 5 rings (SSSR count). The topological polar surface area (TPSA) is 90.7 Å². The van der Waals surface area contributed by atoms with Crippen LogP contribution in [0.5, 0.6) is 0 Å². The molecule has 0 saturated carbocycles. The maximum absolute atomic E-state index is 13.5. The summed E-state index contributed by atoms with van der Waals surface area (Å²) in [4.78, 5) is 26.8. The first-order valence-corrected chi connectivity index (χ1v) is 10.1. The molecule has 1 spiro atoms. The normalized spacial score (nSPS) is 22.3. The smallest absolute Gasteiger partial charge is 0.341 e. The van der Waals surface area contributed by atoms with E-state index in [-0.39, 0.29) is 24.0 Å². The van der Waals surface area contributed by atoms with Crippen molar-refractivity contribution < 1.29 is 19.1 Å². The Labute approximate surface area is 174 Å². The predicted octanol–water partition coefficient (Wildman–Crippen LogP) is 3.65. The Kier molecular flexibility index (Phi) is 4.35. The molecule has 3 N–H and O–H groups in total. The van der Waals surface area contributed by atoms with Gasteiger partial charge in [0.15, 0.2) is 0 Å². The fourth-order valence-corrected chi connectivity index (χ4v) is 4.76. The fraction of sp³-hybridized carbons (Fsp3) is 0.250. The number of amides is 1. The van der Waals surface area contributed by atoms with Crippen LogP contribution in [0, 0.1) is 0 Å². The number of esters is 1. The van der Waals surface area contributed by atoms with Gasteiger partial charge >= 0.3 is 5.97 Å². The molecule has 6 heteroatoms. The Hall–Kier alpha value is -3.54. The number of para-hydroxylation sites is 1. The van der Waals surface area contributed by atoms with E-state index in [0.29, 0.717) is 24.3 Å². The van der Waals surface area contributed by atoms with E-state index in [2.05, 4.69) is 5.32 Å². The van der Waals surface area contributed by atoms with Gasteiger partial charge in [-0.05, 0) is 36.5 Å². The van der Waals surface area contributed by atoms with Crippen molar-refractivity contribution >= 4 is 17.6 Å². The van der Waals surface area contributed by atoms with Gasteiger partial charge in [0, 0.05) is 17.7 Å². The largest absolute Gasteiger partial charge is 0.457 e. The Morgan fingerprint density at radius 2 is 1.80 bits per heavy atom. The number of ether oxygens (including phenoxy) is 2. The summed E-state index contributed by atoms with van der Waals surface area (Å²) in [6.45, 7) is 0.0850. The second-order valence-electron chi connectivity index (χ2n) is 7.76. The molecule has 2 aliphatic heterocycles. The highest BCUT2D eigenvalue weighted by molar-refractivity contribution is 6.17. The number of carbonyl (C=O) groups excluding carboxylic acids is 2. The number of carbonyl (C=O) groups is 2. The SMILES string of the molecule is NC1=C(C(=O)OCc2ccccc2)C2(C(=O)Nc3ccccc32)C2=C(CCCC2)O1. The third-order valence-electron chi connectivity index (χ3n) is 6.06. The van der Waals surface area contributed by atoms with E-state index < -0.39 is 11.4 Å². The molecule has 2 aromatic carbocycles. The number of fused-ring (bicyclic) bond motifs is 3. The van der Waals surface area contributed by atoms with Crippen molar-refractivity contribution in [2.24, 2.45) is 5.73 Å². The summed E-state index contributed by atoms with van der Waals surface area (Å²) < 4.78 is 11.5. The molecule has 0 bridgehead atoms. The first-order chi connectivity index (χ1) is 14.6. The molecule has 0 radical (unpaired) electrons. The van der Waals surface area contributed by atoms with Crippen molar-refractivity contribution in [3.05, 3.63) is 88.5 Å². The lowest BCUT2D eigenvalue weighted by Gasteiger charge is -2.39. The quantitative estimate of drug-likeness (QED) is 0.765. The molecule has 2 aromatic rings. The Balaban J connectivity index is 1.62. The number of nitrogens with one attached hydrogen (secondary N) is 1. The van der Waals surface area contributed by atoms with Gasteiger partial charge in [-0.25, -0.2) is 4.79 Å². The van der Waals surface area contributed by atoms with Crippen LogP contribution in [0.1, 0.15) is 36.8 Å². The average molecular weight is 402 g/mol. The number of benzene rings is 2. The van der Waals surface area contributed by atoms with Gasteiger partial charge in [-0.15, -0.1) is 0 Å². The second-order valence-corrected chi connectivity index (χ2v) is 7.76. The highest BCUT2D eigenvalue weighted by Crippen LogP contribution is 2.55. The van der Waals surface area contributed by atoms with E-state index in [4.69, 9.17) is 15.2 Å². The Morgan fingerprint density at radius 3 is 2.63 bits per heavy atom. The summed E-state index contributed by atoms with van der Waals surface area (Å²) in [6, 6.07) is 16.8. The molecule has 2 heterocycles. The minimum Gasteiger partial charge on any atom is -0.457 e. The number of hydrogen-bond donors (Lipinski definition) is 2. The fourth-order valence-electron chi connectivity index (χ4n) is 4.76. The van der Waals surface area contributed by atoms with Crippen molar-refractivity contribution in [2.75, 3.05) is 5.32 Å². The zero-order chi connectivity index (χ0) is 20.7. The first kappa shape index (κ1) is 18.5. The Bertz CT molecular complexity index is 1100. The zero-order valence-corrected chi connectivity index (χ0v) is 16.4. The second kappa shape index (κ2) is 7.06. The number of hydrogen-bond acceptors (Lipinski definition) is 5. The molecule has 1 unspecified atom stereocenters. The predicted molar refractivity (Wildman–Crippen MR) is 111 cm³/mol. The molecule has 3 aliphatic rings. The molecule has 0 fully saturated rings. The lowest BCUT2D eigenvalue weighted by molar-refractivity contribution is -0.142. The molecule has 152 valence electrons. The van der Waals surface area contributed by atoms with Crippen LogP contribution < -0.4 is 11.1 Å². The van der Waals surface area contributed by atoms with Crippen LogP contribution in [0.25, 0.3) is 0 Å². The summed E-state index contributed by atoms with van der Waals surface area (Å²) in [5.41, 5.74) is 8.12. The summed E-state index contributed by atoms with van der Waals surface area (Å²) in [6.07, 6.45) is 3.24. The van der Waals surface area contributed by atoms with E-state index in [9.17, 15) is 9.59 Å². The highest BCUT2D eigenvalue weighted by Gasteiger charge is 2.59. The van der Waals surface area contributed by atoms with E-state index in [1.807, 2.05) is 54.6 Å². The van der Waals surface area contributed by atoms with Crippen LogP contribution in [0.3, 0.4) is 0 Å². The molecule has 0 aromatic heterocycles.